The fourth-order valence-corrected chi connectivity index (χ4v) is 2.79. The minimum absolute atomic E-state index is 0.280. The van der Waals surface area contributed by atoms with Gasteiger partial charge in [0.1, 0.15) is 0 Å². The van der Waals surface area contributed by atoms with E-state index in [2.05, 4.69) is 31.3 Å². The van der Waals surface area contributed by atoms with E-state index in [1.807, 2.05) is 26.1 Å². The number of hydrogen-bond donors (Lipinski definition) is 1. The van der Waals surface area contributed by atoms with Gasteiger partial charge in [0, 0.05) is 12.7 Å². The minimum atomic E-state index is -0.336. The van der Waals surface area contributed by atoms with Crippen molar-refractivity contribution in [2.24, 2.45) is 0 Å². The molecule has 0 saturated heterocycles. The molecule has 2 rings (SSSR count). The van der Waals surface area contributed by atoms with Crippen molar-refractivity contribution in [3.8, 4) is 0 Å². The van der Waals surface area contributed by atoms with Crippen LogP contribution in [-0.2, 0) is 9.53 Å². The van der Waals surface area contributed by atoms with Gasteiger partial charge in [0.15, 0.2) is 5.11 Å². The van der Waals surface area contributed by atoms with Gasteiger partial charge in [0.05, 0.1) is 18.7 Å². The van der Waals surface area contributed by atoms with Crippen LogP contribution < -0.4 is 5.32 Å². The van der Waals surface area contributed by atoms with Crippen LogP contribution >= 0.6 is 12.2 Å². The minimum Gasteiger partial charge on any atom is -0.466 e. The van der Waals surface area contributed by atoms with Crippen LogP contribution in [0.2, 0.25) is 0 Å². The molecule has 1 aliphatic rings. The van der Waals surface area contributed by atoms with Crippen LogP contribution in [0.1, 0.15) is 43.9 Å². The van der Waals surface area contributed by atoms with E-state index < -0.39 is 0 Å². The number of thiocarbonyl (C=S) groups is 1. The normalized spacial score (nSPS) is 18.5. The molecule has 0 bridgehead atoms. The maximum Gasteiger partial charge on any atom is 0.337 e. The summed E-state index contributed by atoms with van der Waals surface area (Å²) < 4.78 is 4.95. The molecular weight excluding hydrogens is 296 g/mol. The Bertz CT molecular complexity index is 620. The molecule has 0 aliphatic carbocycles. The number of ether oxygens (including phenoxy) is 1. The fourth-order valence-electron chi connectivity index (χ4n) is 2.53. The highest BCUT2D eigenvalue weighted by atomic mass is 32.1. The van der Waals surface area contributed by atoms with Gasteiger partial charge in [0.2, 0.25) is 0 Å². The zero-order valence-corrected chi connectivity index (χ0v) is 14.5. The smallest absolute Gasteiger partial charge is 0.337 e. The predicted molar refractivity (Wildman–Crippen MR) is 91.5 cm³/mol. The van der Waals surface area contributed by atoms with Crippen molar-refractivity contribution >= 4 is 23.3 Å². The van der Waals surface area contributed by atoms with E-state index in [0.29, 0.717) is 16.6 Å². The molecule has 1 N–H and O–H groups in total. The molecule has 1 aliphatic heterocycles. The van der Waals surface area contributed by atoms with E-state index in [4.69, 9.17) is 17.0 Å². The molecule has 22 heavy (non-hydrogen) atoms. The molecule has 4 nitrogen and oxygen atoms in total. The van der Waals surface area contributed by atoms with Crippen LogP contribution in [0.15, 0.2) is 35.5 Å². The van der Waals surface area contributed by atoms with E-state index in [9.17, 15) is 4.79 Å². The average Bonchev–Trinajstić information content (AvgIpc) is 2.51. The molecule has 0 radical (unpaired) electrons. The quantitative estimate of drug-likeness (QED) is 0.685. The van der Waals surface area contributed by atoms with Crippen molar-refractivity contribution in [3.63, 3.8) is 0 Å². The van der Waals surface area contributed by atoms with Crippen molar-refractivity contribution in [3.05, 3.63) is 46.7 Å². The zero-order valence-electron chi connectivity index (χ0n) is 13.6. The number of methoxy groups -OCH3 is 1. The van der Waals surface area contributed by atoms with Crippen LogP contribution in [-0.4, -0.2) is 30.1 Å². The highest BCUT2D eigenvalue weighted by Crippen LogP contribution is 2.31. The van der Waals surface area contributed by atoms with Crippen molar-refractivity contribution < 1.29 is 9.53 Å². The van der Waals surface area contributed by atoms with Crippen LogP contribution in [0.5, 0.6) is 0 Å². The number of carbonyl (C=O) groups excluding carboxylic acids is 1. The second kappa shape index (κ2) is 6.48. The van der Waals surface area contributed by atoms with Gasteiger partial charge in [-0.2, -0.15) is 0 Å². The van der Waals surface area contributed by atoms with Crippen LogP contribution in [0.25, 0.3) is 0 Å². The van der Waals surface area contributed by atoms with Crippen LogP contribution in [0.3, 0.4) is 0 Å². The number of benzene rings is 1. The lowest BCUT2D eigenvalue weighted by atomic mass is 9.93. The van der Waals surface area contributed by atoms with Gasteiger partial charge in [-0.15, -0.1) is 0 Å². The monoisotopic (exact) mass is 318 g/mol. The summed E-state index contributed by atoms with van der Waals surface area (Å²) >= 11 is 5.35. The molecule has 0 spiro atoms. The summed E-state index contributed by atoms with van der Waals surface area (Å²) in [6.45, 7) is 6.19. The molecule has 118 valence electrons. The maximum atomic E-state index is 12.2. The lowest BCUT2D eigenvalue weighted by molar-refractivity contribution is -0.136. The van der Waals surface area contributed by atoms with E-state index >= 15 is 0 Å². The van der Waals surface area contributed by atoms with Crippen molar-refractivity contribution in [2.45, 2.75) is 32.7 Å². The lowest BCUT2D eigenvalue weighted by Gasteiger charge is -2.35. The Kier molecular flexibility index (Phi) is 4.86. The number of esters is 1. The second-order valence-electron chi connectivity index (χ2n) is 5.75. The van der Waals surface area contributed by atoms with E-state index in [0.717, 1.165) is 11.3 Å². The van der Waals surface area contributed by atoms with Gasteiger partial charge in [-0.1, -0.05) is 38.1 Å². The van der Waals surface area contributed by atoms with E-state index in [-0.39, 0.29) is 12.0 Å². The molecule has 1 atom stereocenters. The summed E-state index contributed by atoms with van der Waals surface area (Å²) in [6.07, 6.45) is 0. The number of allylic oxidation sites excluding steroid dienone is 1. The van der Waals surface area contributed by atoms with E-state index in [1.165, 1.54) is 12.7 Å². The largest absolute Gasteiger partial charge is 0.466 e. The van der Waals surface area contributed by atoms with Crippen LogP contribution in [0, 0.1) is 0 Å². The molecule has 1 aromatic carbocycles. The molecule has 0 fully saturated rings. The van der Waals surface area contributed by atoms with Crippen molar-refractivity contribution in [1.29, 1.82) is 0 Å². The summed E-state index contributed by atoms with van der Waals surface area (Å²) in [5.41, 5.74) is 3.67. The number of hydrogen-bond acceptors (Lipinski definition) is 3. The van der Waals surface area contributed by atoms with Gasteiger partial charge in [0.25, 0.3) is 0 Å². The highest BCUT2D eigenvalue weighted by molar-refractivity contribution is 7.80. The molecule has 1 unspecified atom stereocenters. The summed E-state index contributed by atoms with van der Waals surface area (Å²) in [6, 6.07) is 7.98. The predicted octanol–water partition coefficient (Wildman–Crippen LogP) is 3.12. The van der Waals surface area contributed by atoms with Gasteiger partial charge in [-0.05, 0) is 36.2 Å². The number of carbonyl (C=O) groups is 1. The molecule has 0 amide bonds. The van der Waals surface area contributed by atoms with Crippen molar-refractivity contribution in [2.75, 3.05) is 14.2 Å². The number of nitrogens with one attached hydrogen (secondary N) is 1. The third-order valence-corrected chi connectivity index (χ3v) is 4.49. The molecule has 0 saturated carbocycles. The molecule has 1 heterocycles. The Morgan fingerprint density at radius 3 is 2.41 bits per heavy atom. The maximum absolute atomic E-state index is 12.2. The highest BCUT2D eigenvalue weighted by Gasteiger charge is 2.32. The first-order chi connectivity index (χ1) is 10.4. The Morgan fingerprint density at radius 2 is 1.91 bits per heavy atom. The Morgan fingerprint density at radius 1 is 1.32 bits per heavy atom. The number of nitrogens with zero attached hydrogens (tertiary/aromatic N) is 1. The molecule has 1 aromatic rings. The first-order valence-electron chi connectivity index (χ1n) is 7.30. The van der Waals surface area contributed by atoms with E-state index in [1.54, 1.807) is 4.90 Å². The standard InChI is InChI=1S/C17H22N2O2S/c1-10(2)12-6-8-13(9-7-12)15-14(16(20)21-5)11(3)19(4)17(22)18-15/h6-10,15H,1-5H3,(H,18,22). The topological polar surface area (TPSA) is 41.6 Å². The fraction of sp³-hybridized carbons (Fsp3) is 0.412. The summed E-state index contributed by atoms with van der Waals surface area (Å²) in [7, 11) is 3.24. The molecule has 5 heteroatoms. The first kappa shape index (κ1) is 16.5. The number of rotatable bonds is 3. The Balaban J connectivity index is 2.46. The second-order valence-corrected chi connectivity index (χ2v) is 6.14. The Hall–Kier alpha value is -1.88. The lowest BCUT2D eigenvalue weighted by Crippen LogP contribution is -2.46. The summed E-state index contributed by atoms with van der Waals surface area (Å²) in [5.74, 6) is 0.134. The van der Waals surface area contributed by atoms with Gasteiger partial charge >= 0.3 is 5.97 Å². The molecular formula is C17H22N2O2S. The Labute approximate surface area is 137 Å². The van der Waals surface area contributed by atoms with Crippen LogP contribution in [0.4, 0.5) is 0 Å². The summed E-state index contributed by atoms with van der Waals surface area (Å²) in [5, 5.41) is 3.83. The summed E-state index contributed by atoms with van der Waals surface area (Å²) in [4.78, 5) is 14.0. The third-order valence-electron chi connectivity index (χ3n) is 4.10. The average molecular weight is 318 g/mol. The van der Waals surface area contributed by atoms with Gasteiger partial charge < -0.3 is 15.0 Å². The third kappa shape index (κ3) is 2.99. The zero-order chi connectivity index (χ0) is 16.4. The SMILES string of the molecule is COC(=O)C1=C(C)N(C)C(=S)NC1c1ccc(C(C)C)cc1. The van der Waals surface area contributed by atoms with Gasteiger partial charge in [-0.3, -0.25) is 0 Å². The van der Waals surface area contributed by atoms with Gasteiger partial charge in [-0.25, -0.2) is 4.79 Å². The molecule has 0 aromatic heterocycles. The first-order valence-corrected chi connectivity index (χ1v) is 7.70. The van der Waals surface area contributed by atoms with Crippen molar-refractivity contribution in [1.82, 2.24) is 10.2 Å².